The van der Waals surface area contributed by atoms with Crippen LogP contribution in [0.1, 0.15) is 41.9 Å². The van der Waals surface area contributed by atoms with E-state index >= 15 is 0 Å². The van der Waals surface area contributed by atoms with Gasteiger partial charge in [-0.3, -0.25) is 9.59 Å². The highest BCUT2D eigenvalue weighted by Crippen LogP contribution is 2.28. The number of amides is 2. The van der Waals surface area contributed by atoms with E-state index in [9.17, 15) is 9.59 Å². The van der Waals surface area contributed by atoms with Crippen LogP contribution in [0.2, 0.25) is 0 Å². The minimum Gasteiger partial charge on any atom is -0.339 e. The fourth-order valence-corrected chi connectivity index (χ4v) is 4.01. The lowest BCUT2D eigenvalue weighted by Crippen LogP contribution is -2.36. The SMILES string of the molecule is NC1CCc2cc(/C=C/C(=O)N3CCC(c4ccccc4)CC3)cnc2NC1=O. The van der Waals surface area contributed by atoms with Crippen LogP contribution in [0.25, 0.3) is 6.08 Å². The number of rotatable bonds is 3. The van der Waals surface area contributed by atoms with Crippen LogP contribution >= 0.6 is 0 Å². The topological polar surface area (TPSA) is 88.3 Å². The number of likely N-dealkylation sites (tertiary alicyclic amines) is 1. The summed E-state index contributed by atoms with van der Waals surface area (Å²) < 4.78 is 0. The predicted octanol–water partition coefficient (Wildman–Crippen LogP) is 2.71. The lowest BCUT2D eigenvalue weighted by atomic mass is 9.89. The normalized spacial score (nSPS) is 20.2. The van der Waals surface area contributed by atoms with Crippen LogP contribution in [-0.4, -0.2) is 40.8 Å². The molecule has 0 radical (unpaired) electrons. The van der Waals surface area contributed by atoms with Gasteiger partial charge in [-0.2, -0.15) is 0 Å². The zero-order valence-corrected chi connectivity index (χ0v) is 16.4. The molecule has 2 aliphatic heterocycles. The summed E-state index contributed by atoms with van der Waals surface area (Å²) in [5, 5.41) is 2.76. The average molecular weight is 390 g/mol. The number of piperidine rings is 1. The molecule has 2 aromatic rings. The molecule has 1 unspecified atom stereocenters. The predicted molar refractivity (Wildman–Crippen MR) is 113 cm³/mol. The first-order valence-electron chi connectivity index (χ1n) is 10.2. The Morgan fingerprint density at radius 1 is 1.17 bits per heavy atom. The van der Waals surface area contributed by atoms with Gasteiger partial charge in [0.15, 0.2) is 0 Å². The number of benzene rings is 1. The third-order valence-corrected chi connectivity index (χ3v) is 5.79. The minimum atomic E-state index is -0.511. The molecular formula is C23H26N4O2. The number of carbonyl (C=O) groups is 2. The number of anilines is 1. The van der Waals surface area contributed by atoms with Crippen LogP contribution in [0.5, 0.6) is 0 Å². The van der Waals surface area contributed by atoms with Crippen LogP contribution in [0, 0.1) is 0 Å². The Kier molecular flexibility index (Phi) is 5.71. The summed E-state index contributed by atoms with van der Waals surface area (Å²) in [6, 6.07) is 12.0. The summed E-state index contributed by atoms with van der Waals surface area (Å²) in [5.74, 6) is 0.921. The summed E-state index contributed by atoms with van der Waals surface area (Å²) in [4.78, 5) is 30.7. The molecule has 0 spiro atoms. The highest BCUT2D eigenvalue weighted by Gasteiger charge is 2.23. The van der Waals surface area contributed by atoms with Gasteiger partial charge in [-0.1, -0.05) is 30.3 Å². The molecule has 1 aromatic carbocycles. The van der Waals surface area contributed by atoms with E-state index in [0.717, 1.165) is 37.1 Å². The standard InChI is InChI=1S/C23H26N4O2/c24-20-8-7-19-14-16(15-25-22(19)26-23(20)29)6-9-21(28)27-12-10-18(11-13-27)17-4-2-1-3-5-17/h1-6,9,14-15,18,20H,7-8,10-13,24H2,(H,25,26,29)/b9-6+. The van der Waals surface area contributed by atoms with Gasteiger partial charge in [-0.05, 0) is 60.4 Å². The second-order valence-electron chi connectivity index (χ2n) is 7.75. The van der Waals surface area contributed by atoms with Gasteiger partial charge in [0.2, 0.25) is 11.8 Å². The van der Waals surface area contributed by atoms with Crippen LogP contribution in [0.15, 0.2) is 48.7 Å². The van der Waals surface area contributed by atoms with Crippen molar-refractivity contribution in [3.63, 3.8) is 0 Å². The van der Waals surface area contributed by atoms with Crippen LogP contribution < -0.4 is 11.1 Å². The number of carbonyl (C=O) groups excluding carboxylic acids is 2. The van der Waals surface area contributed by atoms with Gasteiger partial charge in [0, 0.05) is 25.4 Å². The quantitative estimate of drug-likeness (QED) is 0.789. The van der Waals surface area contributed by atoms with Crippen molar-refractivity contribution in [2.75, 3.05) is 18.4 Å². The van der Waals surface area contributed by atoms with Gasteiger partial charge in [0.1, 0.15) is 5.82 Å². The Labute approximate surface area is 170 Å². The largest absolute Gasteiger partial charge is 0.339 e. The van der Waals surface area contributed by atoms with Gasteiger partial charge < -0.3 is 16.0 Å². The molecule has 4 rings (SSSR count). The molecule has 6 heteroatoms. The Balaban J connectivity index is 1.36. The number of hydrogen-bond acceptors (Lipinski definition) is 4. The van der Waals surface area contributed by atoms with Crippen LogP contribution in [-0.2, 0) is 16.0 Å². The van der Waals surface area contributed by atoms with E-state index < -0.39 is 6.04 Å². The highest BCUT2D eigenvalue weighted by molar-refractivity contribution is 5.95. The Hall–Kier alpha value is -2.99. The number of nitrogens with one attached hydrogen (secondary N) is 1. The fraction of sp³-hybridized carbons (Fsp3) is 0.348. The van der Waals surface area contributed by atoms with Crippen molar-refractivity contribution < 1.29 is 9.59 Å². The summed E-state index contributed by atoms with van der Waals surface area (Å²) in [5.41, 5.74) is 8.98. The van der Waals surface area contributed by atoms with Crippen molar-refractivity contribution in [2.24, 2.45) is 5.73 Å². The van der Waals surface area contributed by atoms with Crippen molar-refractivity contribution in [1.29, 1.82) is 0 Å². The maximum atomic E-state index is 12.6. The van der Waals surface area contributed by atoms with E-state index in [-0.39, 0.29) is 11.8 Å². The van der Waals surface area contributed by atoms with Gasteiger partial charge in [-0.25, -0.2) is 4.98 Å². The molecule has 0 bridgehead atoms. The van der Waals surface area contributed by atoms with E-state index in [2.05, 4.69) is 34.6 Å². The van der Waals surface area contributed by atoms with E-state index in [0.29, 0.717) is 24.6 Å². The maximum absolute atomic E-state index is 12.6. The molecule has 1 fully saturated rings. The fourth-order valence-electron chi connectivity index (χ4n) is 4.01. The van der Waals surface area contributed by atoms with E-state index in [1.165, 1.54) is 5.56 Å². The highest BCUT2D eigenvalue weighted by atomic mass is 16.2. The zero-order chi connectivity index (χ0) is 20.2. The molecule has 1 saturated heterocycles. The van der Waals surface area contributed by atoms with Crippen molar-refractivity contribution in [3.05, 3.63) is 65.4 Å². The smallest absolute Gasteiger partial charge is 0.246 e. The first-order valence-corrected chi connectivity index (χ1v) is 10.2. The van der Waals surface area contributed by atoms with E-state index in [1.807, 2.05) is 17.0 Å². The lowest BCUT2D eigenvalue weighted by Gasteiger charge is -2.31. The first kappa shape index (κ1) is 19.3. The third-order valence-electron chi connectivity index (χ3n) is 5.79. The first-order chi connectivity index (χ1) is 14.1. The molecule has 3 heterocycles. The molecule has 1 aromatic heterocycles. The molecule has 0 saturated carbocycles. The number of nitrogens with two attached hydrogens (primary N) is 1. The second-order valence-corrected chi connectivity index (χ2v) is 7.75. The number of aryl methyl sites for hydroxylation is 1. The van der Waals surface area contributed by atoms with Gasteiger partial charge in [0.05, 0.1) is 6.04 Å². The van der Waals surface area contributed by atoms with Gasteiger partial charge in [-0.15, -0.1) is 0 Å². The molecule has 1 atom stereocenters. The summed E-state index contributed by atoms with van der Waals surface area (Å²) in [6.45, 7) is 1.55. The Morgan fingerprint density at radius 3 is 2.69 bits per heavy atom. The molecule has 150 valence electrons. The van der Waals surface area contributed by atoms with E-state index in [1.54, 1.807) is 18.3 Å². The molecule has 29 heavy (non-hydrogen) atoms. The number of hydrogen-bond donors (Lipinski definition) is 2. The summed E-state index contributed by atoms with van der Waals surface area (Å²) in [6.07, 6.45) is 8.34. The van der Waals surface area contributed by atoms with Crippen LogP contribution in [0.3, 0.4) is 0 Å². The second kappa shape index (κ2) is 8.57. The number of pyridine rings is 1. The van der Waals surface area contributed by atoms with Crippen molar-refractivity contribution >= 4 is 23.7 Å². The van der Waals surface area contributed by atoms with Gasteiger partial charge >= 0.3 is 0 Å². The molecule has 6 nitrogen and oxygen atoms in total. The van der Waals surface area contributed by atoms with Crippen LogP contribution in [0.4, 0.5) is 5.82 Å². The zero-order valence-electron chi connectivity index (χ0n) is 16.4. The van der Waals surface area contributed by atoms with Gasteiger partial charge in [0.25, 0.3) is 0 Å². The minimum absolute atomic E-state index is 0.0294. The van der Waals surface area contributed by atoms with Crippen molar-refractivity contribution in [3.8, 4) is 0 Å². The molecule has 2 amide bonds. The lowest BCUT2D eigenvalue weighted by molar-refractivity contribution is -0.127. The monoisotopic (exact) mass is 390 g/mol. The Morgan fingerprint density at radius 2 is 1.93 bits per heavy atom. The number of nitrogens with zero attached hydrogens (tertiary/aromatic N) is 2. The third kappa shape index (κ3) is 4.54. The molecular weight excluding hydrogens is 364 g/mol. The number of fused-ring (bicyclic) bond motifs is 1. The summed E-state index contributed by atoms with van der Waals surface area (Å²) in [7, 11) is 0. The number of aromatic nitrogens is 1. The molecule has 0 aliphatic carbocycles. The molecule has 2 aliphatic rings. The van der Waals surface area contributed by atoms with Crippen molar-refractivity contribution in [2.45, 2.75) is 37.6 Å². The average Bonchev–Trinajstić information content (AvgIpc) is 2.91. The van der Waals surface area contributed by atoms with E-state index in [4.69, 9.17) is 5.73 Å². The van der Waals surface area contributed by atoms with Crippen molar-refractivity contribution in [1.82, 2.24) is 9.88 Å². The maximum Gasteiger partial charge on any atom is 0.246 e. The Bertz CT molecular complexity index is 918. The molecule has 3 N–H and O–H groups in total. The summed E-state index contributed by atoms with van der Waals surface area (Å²) >= 11 is 0.